The fourth-order valence-corrected chi connectivity index (χ4v) is 3.87. The number of aromatic nitrogens is 3. The molecule has 2 aromatic heterocycles. The fraction of sp³-hybridized carbons (Fsp3) is 0.318. The van der Waals surface area contributed by atoms with Gasteiger partial charge < -0.3 is 14.6 Å². The number of hydrogen-bond donors (Lipinski definition) is 1. The summed E-state index contributed by atoms with van der Waals surface area (Å²) < 4.78 is 2.16. The number of aromatic hydroxyl groups is 1. The average molecular weight is 376 g/mol. The van der Waals surface area contributed by atoms with Crippen LogP contribution in [-0.2, 0) is 17.8 Å². The van der Waals surface area contributed by atoms with E-state index in [1.54, 1.807) is 24.4 Å². The Hall–Kier alpha value is -3.15. The lowest BCUT2D eigenvalue weighted by Crippen LogP contribution is -2.40. The van der Waals surface area contributed by atoms with E-state index in [1.165, 1.54) is 0 Å². The van der Waals surface area contributed by atoms with Crippen LogP contribution in [0.1, 0.15) is 35.7 Å². The van der Waals surface area contributed by atoms with Gasteiger partial charge in [0.1, 0.15) is 11.6 Å². The normalized spacial score (nSPS) is 16.9. The highest BCUT2D eigenvalue weighted by Crippen LogP contribution is 2.27. The molecule has 1 aliphatic heterocycles. The molecule has 1 fully saturated rings. The van der Waals surface area contributed by atoms with Gasteiger partial charge in [0.05, 0.1) is 13.0 Å². The summed E-state index contributed by atoms with van der Waals surface area (Å²) in [5.74, 6) is 1.55. The monoisotopic (exact) mass is 376 g/mol. The van der Waals surface area contributed by atoms with Crippen molar-refractivity contribution >= 4 is 5.91 Å². The number of benzene rings is 1. The molecule has 0 aliphatic carbocycles. The Kier molecular flexibility index (Phi) is 5.37. The molecule has 6 nitrogen and oxygen atoms in total. The van der Waals surface area contributed by atoms with Gasteiger partial charge in [-0.3, -0.25) is 9.78 Å². The predicted octanol–water partition coefficient (Wildman–Crippen LogP) is 2.98. The summed E-state index contributed by atoms with van der Waals surface area (Å²) in [6.07, 6.45) is 9.78. The Bertz CT molecular complexity index is 938. The number of hydrogen-bond acceptors (Lipinski definition) is 4. The Morgan fingerprint density at radius 3 is 2.89 bits per heavy atom. The lowest BCUT2D eigenvalue weighted by atomic mass is 9.96. The standard InChI is InChI=1S/C22H24N4O2/c27-20-7-1-4-17(12-20)13-21(28)25-10-3-6-19(16-25)22-24-9-11-26(22)15-18-5-2-8-23-14-18/h1-2,4-5,7-9,11-12,14,19,27H,3,6,10,13,15-16H2/t19-/m1/s1. The minimum atomic E-state index is 0.0978. The maximum atomic E-state index is 12.8. The summed E-state index contributed by atoms with van der Waals surface area (Å²) in [6.45, 7) is 2.19. The number of nitrogens with zero attached hydrogens (tertiary/aromatic N) is 4. The molecular formula is C22H24N4O2. The van der Waals surface area contributed by atoms with Gasteiger partial charge >= 0.3 is 0 Å². The van der Waals surface area contributed by atoms with E-state index in [9.17, 15) is 9.90 Å². The maximum Gasteiger partial charge on any atom is 0.227 e. The Labute approximate surface area is 164 Å². The molecule has 3 aromatic rings. The van der Waals surface area contributed by atoms with E-state index < -0.39 is 0 Å². The largest absolute Gasteiger partial charge is 0.508 e. The second kappa shape index (κ2) is 8.25. The average Bonchev–Trinajstić information content (AvgIpc) is 3.17. The van der Waals surface area contributed by atoms with Gasteiger partial charge in [0.2, 0.25) is 5.91 Å². The number of carbonyl (C=O) groups is 1. The summed E-state index contributed by atoms with van der Waals surface area (Å²) in [4.78, 5) is 23.5. The molecule has 0 bridgehead atoms. The first-order valence-electron chi connectivity index (χ1n) is 9.64. The van der Waals surface area contributed by atoms with Crippen LogP contribution in [-0.4, -0.2) is 43.5 Å². The Morgan fingerprint density at radius 2 is 2.07 bits per heavy atom. The van der Waals surface area contributed by atoms with Gasteiger partial charge in [-0.2, -0.15) is 0 Å². The first kappa shape index (κ1) is 18.2. The third-order valence-electron chi connectivity index (χ3n) is 5.23. The number of imidazole rings is 1. The van der Waals surface area contributed by atoms with Gasteiger partial charge in [-0.25, -0.2) is 4.98 Å². The van der Waals surface area contributed by atoms with Crippen molar-refractivity contribution in [1.82, 2.24) is 19.4 Å². The Balaban J connectivity index is 1.44. The van der Waals surface area contributed by atoms with E-state index in [0.29, 0.717) is 13.0 Å². The zero-order valence-electron chi connectivity index (χ0n) is 15.7. The van der Waals surface area contributed by atoms with Crippen LogP contribution in [0.15, 0.2) is 61.2 Å². The van der Waals surface area contributed by atoms with Crippen molar-refractivity contribution in [3.05, 3.63) is 78.1 Å². The second-order valence-corrected chi connectivity index (χ2v) is 7.30. The van der Waals surface area contributed by atoms with Crippen LogP contribution >= 0.6 is 0 Å². The number of phenolic OH excluding ortho intramolecular Hbond substituents is 1. The van der Waals surface area contributed by atoms with E-state index in [2.05, 4.69) is 20.6 Å². The molecule has 1 aliphatic rings. The maximum absolute atomic E-state index is 12.8. The topological polar surface area (TPSA) is 71.2 Å². The van der Waals surface area contributed by atoms with Crippen LogP contribution in [0.25, 0.3) is 0 Å². The predicted molar refractivity (Wildman–Crippen MR) is 106 cm³/mol. The van der Waals surface area contributed by atoms with Crippen molar-refractivity contribution in [2.45, 2.75) is 31.7 Å². The number of phenols is 1. The van der Waals surface area contributed by atoms with Crippen molar-refractivity contribution in [2.24, 2.45) is 0 Å². The van der Waals surface area contributed by atoms with Gasteiger partial charge in [-0.05, 0) is 42.2 Å². The molecular weight excluding hydrogens is 352 g/mol. The number of piperidine rings is 1. The van der Waals surface area contributed by atoms with Gasteiger partial charge in [-0.1, -0.05) is 18.2 Å². The van der Waals surface area contributed by atoms with Crippen LogP contribution in [0, 0.1) is 0 Å². The quantitative estimate of drug-likeness (QED) is 0.743. The molecule has 0 spiro atoms. The van der Waals surface area contributed by atoms with Crippen molar-refractivity contribution < 1.29 is 9.90 Å². The summed E-state index contributed by atoms with van der Waals surface area (Å²) >= 11 is 0. The number of pyridine rings is 1. The highest BCUT2D eigenvalue weighted by Gasteiger charge is 2.27. The number of carbonyl (C=O) groups excluding carboxylic acids is 1. The molecule has 0 unspecified atom stereocenters. The lowest BCUT2D eigenvalue weighted by Gasteiger charge is -2.33. The molecule has 144 valence electrons. The minimum Gasteiger partial charge on any atom is -0.508 e. The van der Waals surface area contributed by atoms with E-state index in [1.807, 2.05) is 35.6 Å². The van der Waals surface area contributed by atoms with Crippen molar-refractivity contribution in [3.63, 3.8) is 0 Å². The molecule has 1 saturated heterocycles. The summed E-state index contributed by atoms with van der Waals surface area (Å²) in [5.41, 5.74) is 1.97. The van der Waals surface area contributed by atoms with E-state index in [0.717, 1.165) is 42.9 Å². The minimum absolute atomic E-state index is 0.0978. The van der Waals surface area contributed by atoms with E-state index in [-0.39, 0.29) is 17.6 Å². The first-order chi connectivity index (χ1) is 13.7. The van der Waals surface area contributed by atoms with Crippen molar-refractivity contribution in [2.75, 3.05) is 13.1 Å². The van der Waals surface area contributed by atoms with Gasteiger partial charge in [0.25, 0.3) is 0 Å². The van der Waals surface area contributed by atoms with Crippen LogP contribution < -0.4 is 0 Å². The van der Waals surface area contributed by atoms with Crippen LogP contribution in [0.3, 0.4) is 0 Å². The van der Waals surface area contributed by atoms with Crippen LogP contribution in [0.4, 0.5) is 0 Å². The molecule has 4 rings (SSSR count). The Morgan fingerprint density at radius 1 is 1.18 bits per heavy atom. The molecule has 1 aromatic carbocycles. The SMILES string of the molecule is O=C(Cc1cccc(O)c1)N1CCC[C@@H](c2nccn2Cc2cccnc2)C1. The van der Waals surface area contributed by atoms with E-state index >= 15 is 0 Å². The summed E-state index contributed by atoms with van der Waals surface area (Å²) in [5, 5.41) is 9.61. The van der Waals surface area contributed by atoms with Gasteiger partial charge in [-0.15, -0.1) is 0 Å². The lowest BCUT2D eigenvalue weighted by molar-refractivity contribution is -0.131. The van der Waals surface area contributed by atoms with Gasteiger partial charge in [0.15, 0.2) is 0 Å². The fourth-order valence-electron chi connectivity index (χ4n) is 3.87. The molecule has 1 N–H and O–H groups in total. The molecule has 1 atom stereocenters. The molecule has 28 heavy (non-hydrogen) atoms. The summed E-state index contributed by atoms with van der Waals surface area (Å²) in [7, 11) is 0. The van der Waals surface area contributed by atoms with Crippen LogP contribution in [0.2, 0.25) is 0 Å². The van der Waals surface area contributed by atoms with Gasteiger partial charge in [0, 0.05) is 43.8 Å². The third-order valence-corrected chi connectivity index (χ3v) is 5.23. The first-order valence-corrected chi connectivity index (χ1v) is 9.64. The van der Waals surface area contributed by atoms with Crippen molar-refractivity contribution in [3.8, 4) is 5.75 Å². The molecule has 1 amide bonds. The smallest absolute Gasteiger partial charge is 0.227 e. The molecule has 3 heterocycles. The zero-order valence-corrected chi connectivity index (χ0v) is 15.7. The molecule has 0 saturated carbocycles. The molecule has 6 heteroatoms. The van der Waals surface area contributed by atoms with Crippen LogP contribution in [0.5, 0.6) is 5.75 Å². The van der Waals surface area contributed by atoms with Crippen molar-refractivity contribution in [1.29, 1.82) is 0 Å². The number of rotatable bonds is 5. The number of amides is 1. The zero-order chi connectivity index (χ0) is 19.3. The molecule has 0 radical (unpaired) electrons. The van der Waals surface area contributed by atoms with E-state index in [4.69, 9.17) is 0 Å². The second-order valence-electron chi connectivity index (χ2n) is 7.30. The number of likely N-dealkylation sites (tertiary alicyclic amines) is 1. The third kappa shape index (κ3) is 4.22. The summed E-state index contributed by atoms with van der Waals surface area (Å²) in [6, 6.07) is 10.9. The highest BCUT2D eigenvalue weighted by molar-refractivity contribution is 5.79. The highest BCUT2D eigenvalue weighted by atomic mass is 16.3.